The van der Waals surface area contributed by atoms with Crippen molar-refractivity contribution in [3.8, 4) is 0 Å². The fourth-order valence-corrected chi connectivity index (χ4v) is 2.15. The van der Waals surface area contributed by atoms with Gasteiger partial charge in [0.15, 0.2) is 6.61 Å². The molecule has 8 nitrogen and oxygen atoms in total. The molecule has 0 aliphatic rings. The fraction of sp³-hybridized carbons (Fsp3) is 0.158. The largest absolute Gasteiger partial charge is 0.454 e. The molecule has 2 aromatic carbocycles. The highest BCUT2D eigenvalue weighted by Crippen LogP contribution is 2.06. The Morgan fingerprint density at radius 3 is 2.21 bits per heavy atom. The molecular weight excluding hydrogens is 369 g/mol. The molecule has 2 rings (SSSR count). The van der Waals surface area contributed by atoms with Crippen LogP contribution in [-0.4, -0.2) is 36.8 Å². The summed E-state index contributed by atoms with van der Waals surface area (Å²) in [5, 5.41) is 2.38. The van der Waals surface area contributed by atoms with Gasteiger partial charge in [0.25, 0.3) is 17.7 Å². The molecule has 0 aliphatic carbocycles. The lowest BCUT2D eigenvalue weighted by Gasteiger charge is -2.09. The summed E-state index contributed by atoms with van der Waals surface area (Å²) in [6, 6.07) is 12.1. The minimum atomic E-state index is -0.858. The van der Waals surface area contributed by atoms with E-state index < -0.39 is 42.7 Å². The van der Waals surface area contributed by atoms with E-state index in [1.165, 1.54) is 18.2 Å². The Morgan fingerprint density at radius 1 is 0.893 bits per heavy atom. The van der Waals surface area contributed by atoms with Crippen LogP contribution in [0.15, 0.2) is 48.5 Å². The number of halogens is 1. The van der Waals surface area contributed by atoms with Gasteiger partial charge >= 0.3 is 5.97 Å². The molecule has 0 saturated heterocycles. The highest BCUT2D eigenvalue weighted by atomic mass is 19.1. The number of hydrogen-bond acceptors (Lipinski definition) is 5. The molecule has 3 N–H and O–H groups in total. The first kappa shape index (κ1) is 20.6. The lowest BCUT2D eigenvalue weighted by atomic mass is 10.1. The van der Waals surface area contributed by atoms with Crippen molar-refractivity contribution in [3.63, 3.8) is 0 Å². The third-order valence-electron chi connectivity index (χ3n) is 3.58. The summed E-state index contributed by atoms with van der Waals surface area (Å²) in [5.41, 5.74) is 4.91. The molecule has 0 bridgehead atoms. The van der Waals surface area contributed by atoms with E-state index in [1.54, 1.807) is 31.2 Å². The van der Waals surface area contributed by atoms with Crippen LogP contribution in [0, 0.1) is 12.7 Å². The molecule has 9 heteroatoms. The Kier molecular flexibility index (Phi) is 7.21. The zero-order chi connectivity index (χ0) is 20.5. The Bertz CT molecular complexity index is 827. The second-order valence-electron chi connectivity index (χ2n) is 5.64. The monoisotopic (exact) mass is 387 g/mol. The standard InChI is InChI=1S/C19H18FN3O5/c1-12-6-2-3-7-13(12)18(26)21-10-17(25)28-11-16(24)22-23-19(27)14-8-4-5-9-15(14)20/h2-9H,10-11H2,1H3,(H,21,26)(H,22,24)(H,23,27). The topological polar surface area (TPSA) is 114 Å². The van der Waals surface area contributed by atoms with Crippen molar-refractivity contribution in [2.45, 2.75) is 6.92 Å². The first-order valence-corrected chi connectivity index (χ1v) is 8.21. The third-order valence-corrected chi connectivity index (χ3v) is 3.58. The third kappa shape index (κ3) is 5.90. The summed E-state index contributed by atoms with van der Waals surface area (Å²) in [5.74, 6) is -3.72. The van der Waals surface area contributed by atoms with E-state index in [4.69, 9.17) is 4.74 Å². The van der Waals surface area contributed by atoms with Crippen molar-refractivity contribution >= 4 is 23.7 Å². The highest BCUT2D eigenvalue weighted by molar-refractivity contribution is 5.97. The Balaban J connectivity index is 1.70. The lowest BCUT2D eigenvalue weighted by Crippen LogP contribution is -2.44. The van der Waals surface area contributed by atoms with Gasteiger partial charge in [-0.1, -0.05) is 30.3 Å². The van der Waals surface area contributed by atoms with Crippen LogP contribution >= 0.6 is 0 Å². The molecule has 0 fully saturated rings. The van der Waals surface area contributed by atoms with Crippen LogP contribution in [0.5, 0.6) is 0 Å². The van der Waals surface area contributed by atoms with Gasteiger partial charge in [-0.05, 0) is 30.7 Å². The molecule has 0 aromatic heterocycles. The van der Waals surface area contributed by atoms with E-state index in [0.29, 0.717) is 5.56 Å². The number of aryl methyl sites for hydroxylation is 1. The van der Waals surface area contributed by atoms with Crippen LogP contribution in [0.4, 0.5) is 4.39 Å². The van der Waals surface area contributed by atoms with Crippen LogP contribution in [0.3, 0.4) is 0 Å². The first-order valence-electron chi connectivity index (χ1n) is 8.21. The number of hydrazine groups is 1. The van der Waals surface area contributed by atoms with Crippen LogP contribution in [0.2, 0.25) is 0 Å². The number of rotatable bonds is 6. The second kappa shape index (κ2) is 9.81. The van der Waals surface area contributed by atoms with Gasteiger partial charge in [-0.2, -0.15) is 0 Å². The molecule has 146 valence electrons. The van der Waals surface area contributed by atoms with Gasteiger partial charge in [-0.15, -0.1) is 0 Å². The van der Waals surface area contributed by atoms with E-state index in [2.05, 4.69) is 5.32 Å². The number of carbonyl (C=O) groups excluding carboxylic acids is 4. The van der Waals surface area contributed by atoms with Crippen LogP contribution in [0.1, 0.15) is 26.3 Å². The summed E-state index contributed by atoms with van der Waals surface area (Å²) in [6.45, 7) is 0.645. The average Bonchev–Trinajstić information content (AvgIpc) is 2.69. The van der Waals surface area contributed by atoms with Crippen molar-refractivity contribution in [1.29, 1.82) is 0 Å². The molecule has 0 radical (unpaired) electrons. The van der Waals surface area contributed by atoms with E-state index >= 15 is 0 Å². The van der Waals surface area contributed by atoms with Crippen LogP contribution in [-0.2, 0) is 14.3 Å². The predicted molar refractivity (Wildman–Crippen MR) is 96.5 cm³/mol. The Labute approximate surface area is 160 Å². The maximum atomic E-state index is 13.4. The summed E-state index contributed by atoms with van der Waals surface area (Å²) in [6.07, 6.45) is 0. The maximum Gasteiger partial charge on any atom is 0.325 e. The molecular formula is C19H18FN3O5. The van der Waals surface area contributed by atoms with Gasteiger partial charge in [0.1, 0.15) is 12.4 Å². The molecule has 0 unspecified atom stereocenters. The van der Waals surface area contributed by atoms with E-state index in [1.807, 2.05) is 10.9 Å². The van der Waals surface area contributed by atoms with Crippen molar-refractivity contribution in [2.75, 3.05) is 13.2 Å². The van der Waals surface area contributed by atoms with Gasteiger partial charge in [0.05, 0.1) is 5.56 Å². The van der Waals surface area contributed by atoms with Crippen molar-refractivity contribution in [3.05, 3.63) is 71.0 Å². The van der Waals surface area contributed by atoms with Crippen molar-refractivity contribution in [2.24, 2.45) is 0 Å². The molecule has 2 aromatic rings. The minimum absolute atomic E-state index is 0.251. The zero-order valence-electron chi connectivity index (χ0n) is 15.0. The molecule has 3 amide bonds. The van der Waals surface area contributed by atoms with Gasteiger partial charge in [0.2, 0.25) is 0 Å². The SMILES string of the molecule is Cc1ccccc1C(=O)NCC(=O)OCC(=O)NNC(=O)c1ccccc1F. The lowest BCUT2D eigenvalue weighted by molar-refractivity contribution is -0.147. The Morgan fingerprint density at radius 2 is 1.54 bits per heavy atom. The number of hydrogen-bond donors (Lipinski definition) is 3. The number of nitrogens with one attached hydrogen (secondary N) is 3. The minimum Gasteiger partial charge on any atom is -0.454 e. The number of ether oxygens (including phenoxy) is 1. The average molecular weight is 387 g/mol. The van der Waals surface area contributed by atoms with Gasteiger partial charge in [-0.25, -0.2) is 4.39 Å². The summed E-state index contributed by atoms with van der Waals surface area (Å²) in [7, 11) is 0. The van der Waals surface area contributed by atoms with E-state index in [-0.39, 0.29) is 5.56 Å². The van der Waals surface area contributed by atoms with Gasteiger partial charge in [-0.3, -0.25) is 30.0 Å². The Hall–Kier alpha value is -3.75. The molecule has 28 heavy (non-hydrogen) atoms. The number of benzene rings is 2. The normalized spacial score (nSPS) is 9.93. The number of amides is 3. The molecule has 0 aliphatic heterocycles. The van der Waals surface area contributed by atoms with Gasteiger partial charge < -0.3 is 10.1 Å². The molecule has 0 atom stereocenters. The first-order chi connectivity index (χ1) is 13.4. The summed E-state index contributed by atoms with van der Waals surface area (Å²) >= 11 is 0. The molecule has 0 spiro atoms. The number of carbonyl (C=O) groups is 4. The highest BCUT2D eigenvalue weighted by Gasteiger charge is 2.14. The van der Waals surface area contributed by atoms with Crippen molar-refractivity contribution < 1.29 is 28.3 Å². The molecule has 0 saturated carbocycles. The second-order valence-corrected chi connectivity index (χ2v) is 5.64. The van der Waals surface area contributed by atoms with Gasteiger partial charge in [0, 0.05) is 5.56 Å². The summed E-state index contributed by atoms with van der Waals surface area (Å²) < 4.78 is 18.1. The van der Waals surface area contributed by atoms with E-state index in [0.717, 1.165) is 11.6 Å². The predicted octanol–water partition coefficient (Wildman–Crippen LogP) is 0.868. The van der Waals surface area contributed by atoms with E-state index in [9.17, 15) is 23.6 Å². The quantitative estimate of drug-likeness (QED) is 0.503. The summed E-state index contributed by atoms with van der Waals surface area (Å²) in [4.78, 5) is 46.9. The maximum absolute atomic E-state index is 13.4. The number of esters is 1. The van der Waals surface area contributed by atoms with Crippen LogP contribution in [0.25, 0.3) is 0 Å². The zero-order valence-corrected chi connectivity index (χ0v) is 15.0. The van der Waals surface area contributed by atoms with Crippen molar-refractivity contribution in [1.82, 2.24) is 16.2 Å². The molecule has 0 heterocycles. The fourth-order valence-electron chi connectivity index (χ4n) is 2.15. The van der Waals surface area contributed by atoms with Crippen LogP contribution < -0.4 is 16.2 Å². The smallest absolute Gasteiger partial charge is 0.325 e.